The first-order valence-corrected chi connectivity index (χ1v) is 7.81. The maximum Gasteiger partial charge on any atom is 0.257 e. The Hall–Kier alpha value is -1.78. The number of benzene rings is 1. The number of anilines is 1. The molecule has 0 spiro atoms. The van der Waals surface area contributed by atoms with Gasteiger partial charge < -0.3 is 9.80 Å². The van der Waals surface area contributed by atoms with E-state index in [0.29, 0.717) is 18.7 Å². The van der Waals surface area contributed by atoms with Crippen molar-refractivity contribution in [2.45, 2.75) is 0 Å². The normalized spacial score (nSPS) is 15.0. The van der Waals surface area contributed by atoms with Crippen LogP contribution in [0.15, 0.2) is 42.6 Å². The smallest absolute Gasteiger partial charge is 0.257 e. The highest BCUT2D eigenvalue weighted by Gasteiger charge is 2.23. The maximum absolute atomic E-state index is 12.5. The molecule has 1 aliphatic heterocycles. The minimum atomic E-state index is -0.0612. The van der Waals surface area contributed by atoms with Crippen LogP contribution < -0.4 is 4.90 Å². The van der Waals surface area contributed by atoms with Crippen LogP contribution in [-0.2, 0) is 0 Å². The zero-order chi connectivity index (χ0) is 15.5. The van der Waals surface area contributed by atoms with Crippen LogP contribution in [0.4, 0.5) is 5.69 Å². The van der Waals surface area contributed by atoms with Gasteiger partial charge in [0, 0.05) is 43.1 Å². The molecule has 1 saturated heterocycles. The van der Waals surface area contributed by atoms with Crippen molar-refractivity contribution >= 4 is 34.8 Å². The first-order valence-electron chi connectivity index (χ1n) is 7.05. The average molecular weight is 336 g/mol. The summed E-state index contributed by atoms with van der Waals surface area (Å²) in [4.78, 5) is 20.5. The van der Waals surface area contributed by atoms with E-state index in [2.05, 4.69) is 9.88 Å². The molecule has 0 unspecified atom stereocenters. The zero-order valence-electron chi connectivity index (χ0n) is 11.9. The number of aromatic nitrogens is 1. The van der Waals surface area contributed by atoms with Crippen LogP contribution in [0.5, 0.6) is 0 Å². The molecule has 22 heavy (non-hydrogen) atoms. The predicted octanol–water partition coefficient (Wildman–Crippen LogP) is 3.35. The number of rotatable bonds is 2. The average Bonchev–Trinajstić information content (AvgIpc) is 2.56. The third kappa shape index (κ3) is 3.18. The van der Waals surface area contributed by atoms with Gasteiger partial charge in [-0.1, -0.05) is 23.2 Å². The highest BCUT2D eigenvalue weighted by atomic mass is 35.5. The number of hydrogen-bond donors (Lipinski definition) is 0. The number of carbonyl (C=O) groups excluding carboxylic acids is 1. The summed E-state index contributed by atoms with van der Waals surface area (Å²) < 4.78 is 0. The summed E-state index contributed by atoms with van der Waals surface area (Å²) in [7, 11) is 0. The van der Waals surface area contributed by atoms with Crippen LogP contribution in [0.3, 0.4) is 0 Å². The third-order valence-electron chi connectivity index (χ3n) is 3.75. The van der Waals surface area contributed by atoms with Crippen LogP contribution >= 0.6 is 23.2 Å². The van der Waals surface area contributed by atoms with Gasteiger partial charge in [0.1, 0.15) is 5.15 Å². The van der Waals surface area contributed by atoms with Gasteiger partial charge in [-0.15, -0.1) is 0 Å². The summed E-state index contributed by atoms with van der Waals surface area (Å²) in [5, 5.41) is 0.983. The number of halogens is 2. The Morgan fingerprint density at radius 3 is 2.32 bits per heavy atom. The van der Waals surface area contributed by atoms with Crippen molar-refractivity contribution < 1.29 is 4.79 Å². The highest BCUT2D eigenvalue weighted by molar-refractivity contribution is 6.32. The molecule has 1 amide bonds. The first kappa shape index (κ1) is 15.1. The summed E-state index contributed by atoms with van der Waals surface area (Å²) in [5.74, 6) is -0.0612. The van der Waals surface area contributed by atoms with Crippen LogP contribution in [0.1, 0.15) is 10.4 Å². The van der Waals surface area contributed by atoms with E-state index in [1.165, 1.54) is 0 Å². The Balaban J connectivity index is 1.65. The SMILES string of the molecule is O=C(c1cccnc1Cl)N1CCN(c2ccc(Cl)cc2)CC1. The van der Waals surface area contributed by atoms with E-state index in [4.69, 9.17) is 23.2 Å². The van der Waals surface area contributed by atoms with Gasteiger partial charge >= 0.3 is 0 Å². The van der Waals surface area contributed by atoms with Gasteiger partial charge in [-0.25, -0.2) is 4.98 Å². The molecule has 0 saturated carbocycles. The van der Waals surface area contributed by atoms with Gasteiger partial charge in [-0.3, -0.25) is 4.79 Å². The molecule has 2 heterocycles. The fourth-order valence-electron chi connectivity index (χ4n) is 2.54. The van der Waals surface area contributed by atoms with Gasteiger partial charge in [0.05, 0.1) is 5.56 Å². The largest absolute Gasteiger partial charge is 0.368 e. The molecule has 2 aromatic rings. The summed E-state index contributed by atoms with van der Waals surface area (Å²) in [5.41, 5.74) is 1.58. The van der Waals surface area contributed by atoms with Gasteiger partial charge in [-0.05, 0) is 36.4 Å². The van der Waals surface area contributed by atoms with Gasteiger partial charge in [0.25, 0.3) is 5.91 Å². The molecule has 1 aliphatic rings. The molecular formula is C16H15Cl2N3O. The van der Waals surface area contributed by atoms with E-state index in [1.807, 2.05) is 29.2 Å². The van der Waals surface area contributed by atoms with Gasteiger partial charge in [0.15, 0.2) is 0 Å². The van der Waals surface area contributed by atoms with Gasteiger partial charge in [-0.2, -0.15) is 0 Å². The number of hydrogen-bond acceptors (Lipinski definition) is 3. The van der Waals surface area contributed by atoms with Crippen molar-refractivity contribution in [3.63, 3.8) is 0 Å². The molecule has 0 aliphatic carbocycles. The minimum Gasteiger partial charge on any atom is -0.368 e. The van der Waals surface area contributed by atoms with E-state index in [1.54, 1.807) is 18.3 Å². The Kier molecular flexibility index (Phi) is 4.50. The summed E-state index contributed by atoms with van der Waals surface area (Å²) >= 11 is 11.9. The summed E-state index contributed by atoms with van der Waals surface area (Å²) in [6, 6.07) is 11.2. The Labute approximate surface area is 139 Å². The number of pyridine rings is 1. The lowest BCUT2D eigenvalue weighted by atomic mass is 10.2. The van der Waals surface area contributed by atoms with Crippen LogP contribution in [0.2, 0.25) is 10.2 Å². The second-order valence-electron chi connectivity index (χ2n) is 5.10. The predicted molar refractivity (Wildman–Crippen MR) is 88.8 cm³/mol. The van der Waals surface area contributed by atoms with E-state index in [9.17, 15) is 4.79 Å². The lowest BCUT2D eigenvalue weighted by Crippen LogP contribution is -2.48. The van der Waals surface area contributed by atoms with Crippen molar-refractivity contribution in [3.05, 3.63) is 58.3 Å². The molecule has 0 radical (unpaired) electrons. The monoisotopic (exact) mass is 335 g/mol. The maximum atomic E-state index is 12.5. The van der Waals surface area contributed by atoms with Gasteiger partial charge in [0.2, 0.25) is 0 Å². The molecule has 1 fully saturated rings. The Bertz CT molecular complexity index is 667. The minimum absolute atomic E-state index is 0.0612. The lowest BCUT2D eigenvalue weighted by molar-refractivity contribution is 0.0746. The standard InChI is InChI=1S/C16H15Cl2N3O/c17-12-3-5-13(6-4-12)20-8-10-21(11-9-20)16(22)14-2-1-7-19-15(14)18/h1-7H,8-11H2. The molecule has 3 rings (SSSR count). The van der Waals surface area contributed by atoms with Crippen LogP contribution in [0, 0.1) is 0 Å². The second kappa shape index (κ2) is 6.55. The van der Waals surface area contributed by atoms with Crippen molar-refractivity contribution in [3.8, 4) is 0 Å². The molecule has 114 valence electrons. The van der Waals surface area contributed by atoms with E-state index in [-0.39, 0.29) is 11.1 Å². The molecule has 4 nitrogen and oxygen atoms in total. The summed E-state index contributed by atoms with van der Waals surface area (Å²) in [6.45, 7) is 2.88. The molecular weight excluding hydrogens is 321 g/mol. The summed E-state index contributed by atoms with van der Waals surface area (Å²) in [6.07, 6.45) is 1.58. The van der Waals surface area contributed by atoms with Crippen molar-refractivity contribution in [2.75, 3.05) is 31.1 Å². The zero-order valence-corrected chi connectivity index (χ0v) is 13.4. The topological polar surface area (TPSA) is 36.4 Å². The Morgan fingerprint density at radius 2 is 1.68 bits per heavy atom. The van der Waals surface area contributed by atoms with Crippen LogP contribution in [0.25, 0.3) is 0 Å². The van der Waals surface area contributed by atoms with Crippen LogP contribution in [-0.4, -0.2) is 42.0 Å². The quantitative estimate of drug-likeness (QED) is 0.789. The van der Waals surface area contributed by atoms with Crippen molar-refractivity contribution in [1.82, 2.24) is 9.88 Å². The molecule has 1 aromatic heterocycles. The first-order chi connectivity index (χ1) is 10.6. The molecule has 6 heteroatoms. The van der Waals surface area contributed by atoms with E-state index < -0.39 is 0 Å². The number of amides is 1. The van der Waals surface area contributed by atoms with Crippen molar-refractivity contribution in [1.29, 1.82) is 0 Å². The number of piperazine rings is 1. The van der Waals surface area contributed by atoms with E-state index in [0.717, 1.165) is 23.8 Å². The molecule has 0 bridgehead atoms. The van der Waals surface area contributed by atoms with Crippen molar-refractivity contribution in [2.24, 2.45) is 0 Å². The molecule has 0 N–H and O–H groups in total. The second-order valence-corrected chi connectivity index (χ2v) is 5.89. The lowest BCUT2D eigenvalue weighted by Gasteiger charge is -2.36. The third-order valence-corrected chi connectivity index (χ3v) is 4.30. The fraction of sp³-hybridized carbons (Fsp3) is 0.250. The number of carbonyl (C=O) groups is 1. The highest BCUT2D eigenvalue weighted by Crippen LogP contribution is 2.21. The molecule has 1 aromatic carbocycles. The number of nitrogens with zero attached hydrogens (tertiary/aromatic N) is 3. The fourth-order valence-corrected chi connectivity index (χ4v) is 2.86. The Morgan fingerprint density at radius 1 is 1.00 bits per heavy atom. The molecule has 0 atom stereocenters. The van der Waals surface area contributed by atoms with E-state index >= 15 is 0 Å².